The van der Waals surface area contributed by atoms with E-state index in [9.17, 15) is 9.59 Å². The lowest BCUT2D eigenvalue weighted by Gasteiger charge is -2.54. The lowest BCUT2D eigenvalue weighted by Crippen LogP contribution is -2.48. The molecule has 0 amide bonds. The van der Waals surface area contributed by atoms with E-state index in [0.29, 0.717) is 47.7 Å². The first kappa shape index (κ1) is 24.7. The number of ether oxygens (including phenoxy) is 1. The predicted octanol–water partition coefficient (Wildman–Crippen LogP) is 7.30. The molecule has 4 aliphatic carbocycles. The van der Waals surface area contributed by atoms with E-state index in [2.05, 4.69) is 53.7 Å². The largest absolute Gasteiger partial charge is 0.463 e. The number of rotatable bonds is 5. The topological polar surface area (TPSA) is 43.4 Å². The van der Waals surface area contributed by atoms with Crippen molar-refractivity contribution < 1.29 is 14.3 Å². The molecule has 184 valence electrons. The van der Waals surface area contributed by atoms with Gasteiger partial charge in [0, 0.05) is 13.3 Å². The van der Waals surface area contributed by atoms with Crippen LogP contribution in [-0.4, -0.2) is 17.9 Å². The predicted molar refractivity (Wildman–Crippen MR) is 134 cm³/mol. The second-order valence-corrected chi connectivity index (χ2v) is 12.7. The van der Waals surface area contributed by atoms with Gasteiger partial charge in [0.05, 0.1) is 0 Å². The van der Waals surface area contributed by atoms with Crippen LogP contribution in [0.1, 0.15) is 99.8 Å². The van der Waals surface area contributed by atoms with Crippen molar-refractivity contribution in [1.82, 2.24) is 0 Å². The van der Waals surface area contributed by atoms with Gasteiger partial charge in [-0.1, -0.05) is 59.3 Å². The van der Waals surface area contributed by atoms with E-state index in [0.717, 1.165) is 25.7 Å². The van der Waals surface area contributed by atoms with Gasteiger partial charge in [-0.15, -0.1) is 0 Å². The summed E-state index contributed by atoms with van der Waals surface area (Å²) in [6.07, 6.45) is 13.0. The average Bonchev–Trinajstić information content (AvgIpc) is 3.09. The van der Waals surface area contributed by atoms with Gasteiger partial charge in [-0.2, -0.15) is 0 Å². The fourth-order valence-electron chi connectivity index (χ4n) is 8.10. The number of esters is 1. The van der Waals surface area contributed by atoms with Crippen molar-refractivity contribution in [2.45, 2.75) is 106 Å². The van der Waals surface area contributed by atoms with Crippen molar-refractivity contribution in [1.29, 1.82) is 0 Å². The Bertz CT molecular complexity index is 851. The third-order valence-electron chi connectivity index (χ3n) is 10.6. The maximum Gasteiger partial charge on any atom is 0.302 e. The first-order valence-corrected chi connectivity index (χ1v) is 13.6. The van der Waals surface area contributed by atoms with E-state index >= 15 is 0 Å². The quantitative estimate of drug-likeness (QED) is 0.323. The lowest BCUT2D eigenvalue weighted by atomic mass is 9.50. The van der Waals surface area contributed by atoms with E-state index < -0.39 is 0 Å². The van der Waals surface area contributed by atoms with Crippen LogP contribution in [0.3, 0.4) is 0 Å². The van der Waals surface area contributed by atoms with E-state index in [1.807, 2.05) is 0 Å². The summed E-state index contributed by atoms with van der Waals surface area (Å²) in [5.41, 5.74) is 3.07. The minimum absolute atomic E-state index is 0.0129. The summed E-state index contributed by atoms with van der Waals surface area (Å²) in [7, 11) is 0. The number of Topliss-reactive ketones (excluding diaryl/α,β-unsaturated/α-hetero) is 1. The summed E-state index contributed by atoms with van der Waals surface area (Å²) in [4.78, 5) is 25.1. The van der Waals surface area contributed by atoms with Crippen molar-refractivity contribution in [2.75, 3.05) is 0 Å². The molecule has 0 aliphatic heterocycles. The Morgan fingerprint density at radius 1 is 1.06 bits per heavy atom. The van der Waals surface area contributed by atoms with Crippen molar-refractivity contribution in [3.8, 4) is 0 Å². The zero-order valence-corrected chi connectivity index (χ0v) is 22.1. The van der Waals surface area contributed by atoms with Gasteiger partial charge >= 0.3 is 5.97 Å². The molecule has 5 unspecified atom stereocenters. The molecule has 0 aromatic carbocycles. The summed E-state index contributed by atoms with van der Waals surface area (Å²) < 4.78 is 5.56. The highest BCUT2D eigenvalue weighted by atomic mass is 16.5. The Kier molecular flexibility index (Phi) is 6.75. The zero-order chi connectivity index (χ0) is 24.1. The molecular formula is C30H46O3. The van der Waals surface area contributed by atoms with Crippen LogP contribution < -0.4 is 0 Å². The van der Waals surface area contributed by atoms with Gasteiger partial charge in [0.15, 0.2) is 5.78 Å². The molecule has 0 N–H and O–H groups in total. The second kappa shape index (κ2) is 9.00. The van der Waals surface area contributed by atoms with Crippen molar-refractivity contribution in [3.63, 3.8) is 0 Å². The molecule has 0 spiro atoms. The standard InChI is InChI=1S/C30H46O3/c1-18(2)19(3)8-9-20(4)24-10-11-25-28-26(13-15-30(24,25)7)29(6)14-12-23(33-21(5)31)16-22(29)17-27(28)32/h8-9,18-20,22-25H,10-17H2,1-7H3/b9-8+/t19-,20+,22+,23?,24?,25?,29?,30?/m0/s1. The molecule has 3 heteroatoms. The van der Waals surface area contributed by atoms with E-state index in [1.165, 1.54) is 37.3 Å². The molecule has 0 aromatic rings. The molecule has 0 aromatic heterocycles. The molecule has 2 saturated carbocycles. The lowest BCUT2D eigenvalue weighted by molar-refractivity contribution is -0.150. The van der Waals surface area contributed by atoms with Crippen molar-refractivity contribution in [3.05, 3.63) is 23.3 Å². The smallest absolute Gasteiger partial charge is 0.302 e. The number of carbonyl (C=O) groups is 2. The molecule has 0 radical (unpaired) electrons. The van der Waals surface area contributed by atoms with Gasteiger partial charge in [-0.05, 0) is 96.9 Å². The summed E-state index contributed by atoms with van der Waals surface area (Å²) in [5.74, 6) is 3.47. The normalized spacial score (nSPS) is 40.4. The summed E-state index contributed by atoms with van der Waals surface area (Å²) >= 11 is 0. The molecule has 0 saturated heterocycles. The molecule has 3 nitrogen and oxygen atoms in total. The van der Waals surface area contributed by atoms with Crippen LogP contribution in [0.5, 0.6) is 0 Å². The monoisotopic (exact) mass is 454 g/mol. The fourth-order valence-corrected chi connectivity index (χ4v) is 8.10. The number of ketones is 1. The Labute approximate surface area is 201 Å². The SMILES string of the molecule is CC(=O)OC1CCC2(C)C3=C(C(=O)C[C@H]2C1)C1CCC([C@H](C)/C=C/[C@H](C)C(C)C)C1(C)CC3. The first-order valence-electron chi connectivity index (χ1n) is 13.6. The number of hydrogen-bond donors (Lipinski definition) is 0. The highest BCUT2D eigenvalue weighted by Gasteiger charge is 2.58. The first-order chi connectivity index (χ1) is 15.5. The van der Waals surface area contributed by atoms with Gasteiger partial charge in [-0.25, -0.2) is 0 Å². The highest BCUT2D eigenvalue weighted by molar-refractivity contribution is 5.98. The molecule has 8 atom stereocenters. The molecule has 2 fully saturated rings. The maximum absolute atomic E-state index is 13.6. The molecule has 4 aliphatic rings. The number of carbonyl (C=O) groups excluding carboxylic acids is 2. The molecule has 4 rings (SSSR count). The van der Waals surface area contributed by atoms with Crippen molar-refractivity contribution >= 4 is 11.8 Å². The van der Waals surface area contributed by atoms with Crippen LogP contribution in [0.15, 0.2) is 23.3 Å². The highest BCUT2D eigenvalue weighted by Crippen LogP contribution is 2.65. The summed E-state index contributed by atoms with van der Waals surface area (Å²) in [5, 5.41) is 0. The third kappa shape index (κ3) is 4.27. The van der Waals surface area contributed by atoms with Crippen molar-refractivity contribution in [2.24, 2.45) is 46.3 Å². The minimum atomic E-state index is -0.193. The van der Waals surface area contributed by atoms with Crippen LogP contribution >= 0.6 is 0 Å². The van der Waals surface area contributed by atoms with E-state index in [4.69, 9.17) is 4.74 Å². The van der Waals surface area contributed by atoms with Gasteiger partial charge in [0.2, 0.25) is 0 Å². The number of fused-ring (bicyclic) bond motifs is 4. The number of hydrogen-bond acceptors (Lipinski definition) is 3. The summed E-state index contributed by atoms with van der Waals surface area (Å²) in [6, 6.07) is 0. The van der Waals surface area contributed by atoms with E-state index in [-0.39, 0.29) is 22.9 Å². The minimum Gasteiger partial charge on any atom is -0.463 e. The Hall–Kier alpha value is -1.38. The van der Waals surface area contributed by atoms with E-state index in [1.54, 1.807) is 0 Å². The Balaban J connectivity index is 1.58. The Morgan fingerprint density at radius 3 is 2.45 bits per heavy atom. The molecule has 0 heterocycles. The second-order valence-electron chi connectivity index (χ2n) is 12.7. The van der Waals surface area contributed by atoms with Gasteiger partial charge < -0.3 is 4.74 Å². The zero-order valence-electron chi connectivity index (χ0n) is 22.1. The third-order valence-corrected chi connectivity index (χ3v) is 10.6. The van der Waals surface area contributed by atoms with Crippen LogP contribution in [0.25, 0.3) is 0 Å². The fraction of sp³-hybridized carbons (Fsp3) is 0.800. The summed E-state index contributed by atoms with van der Waals surface area (Å²) in [6.45, 7) is 15.7. The van der Waals surface area contributed by atoms with Gasteiger partial charge in [0.25, 0.3) is 0 Å². The number of allylic oxidation sites excluding steroid dienone is 4. The molecular weight excluding hydrogens is 408 g/mol. The Morgan fingerprint density at radius 2 is 1.79 bits per heavy atom. The van der Waals surface area contributed by atoms with Crippen LogP contribution in [0, 0.1) is 46.3 Å². The van der Waals surface area contributed by atoms with Gasteiger partial charge in [-0.3, -0.25) is 9.59 Å². The average molecular weight is 455 g/mol. The van der Waals surface area contributed by atoms with Gasteiger partial charge in [0.1, 0.15) is 6.10 Å². The molecule has 0 bridgehead atoms. The van der Waals surface area contributed by atoms with Crippen LogP contribution in [0.4, 0.5) is 0 Å². The van der Waals surface area contributed by atoms with Crippen LogP contribution in [-0.2, 0) is 14.3 Å². The molecule has 33 heavy (non-hydrogen) atoms. The van der Waals surface area contributed by atoms with Crippen LogP contribution in [0.2, 0.25) is 0 Å². The maximum atomic E-state index is 13.6.